The summed E-state index contributed by atoms with van der Waals surface area (Å²) in [4.78, 5) is 55.7. The molecule has 2 heterocycles. The van der Waals surface area contributed by atoms with E-state index in [2.05, 4.69) is 17.0 Å². The molecule has 1 saturated heterocycles. The zero-order valence-electron chi connectivity index (χ0n) is 20.3. The molecule has 0 unspecified atom stereocenters. The predicted molar refractivity (Wildman–Crippen MR) is 136 cm³/mol. The van der Waals surface area contributed by atoms with Crippen LogP contribution in [-0.2, 0) is 22.6 Å². The first-order valence-corrected chi connectivity index (χ1v) is 12.2. The van der Waals surface area contributed by atoms with E-state index in [1.54, 1.807) is 53.4 Å². The monoisotopic (exact) mass is 497 g/mol. The third-order valence-corrected chi connectivity index (χ3v) is 6.68. The Balaban J connectivity index is 1.12. The molecule has 1 fully saturated rings. The minimum Gasteiger partial charge on any atom is -0.452 e. The maximum atomic E-state index is 12.6. The van der Waals surface area contributed by atoms with Gasteiger partial charge in [0.25, 0.3) is 17.7 Å². The fourth-order valence-corrected chi connectivity index (χ4v) is 4.66. The van der Waals surface area contributed by atoms with Gasteiger partial charge in [-0.05, 0) is 35.4 Å². The van der Waals surface area contributed by atoms with Crippen molar-refractivity contribution in [1.29, 1.82) is 0 Å². The number of piperazine rings is 1. The number of hydrogen-bond acceptors (Lipinski definition) is 6. The third-order valence-electron chi connectivity index (χ3n) is 6.68. The van der Waals surface area contributed by atoms with E-state index in [1.807, 2.05) is 18.2 Å². The Kier molecular flexibility index (Phi) is 7.09. The van der Waals surface area contributed by atoms with E-state index in [-0.39, 0.29) is 36.4 Å². The summed E-state index contributed by atoms with van der Waals surface area (Å²) < 4.78 is 5.29. The highest BCUT2D eigenvalue weighted by molar-refractivity contribution is 6.21. The first kappa shape index (κ1) is 24.4. The molecule has 2 aliphatic heterocycles. The van der Waals surface area contributed by atoms with Crippen LogP contribution in [0.4, 0.5) is 0 Å². The summed E-state index contributed by atoms with van der Waals surface area (Å²) in [6.07, 6.45) is 0. The number of rotatable bonds is 7. The van der Waals surface area contributed by atoms with Gasteiger partial charge in [0.2, 0.25) is 0 Å². The zero-order valence-corrected chi connectivity index (χ0v) is 20.3. The van der Waals surface area contributed by atoms with Crippen LogP contribution in [0.15, 0.2) is 78.9 Å². The van der Waals surface area contributed by atoms with Crippen LogP contribution in [-0.4, -0.2) is 71.2 Å². The second-order valence-corrected chi connectivity index (χ2v) is 9.16. The zero-order chi connectivity index (χ0) is 25.8. The van der Waals surface area contributed by atoms with Gasteiger partial charge >= 0.3 is 5.97 Å². The Bertz CT molecular complexity index is 1300. The molecule has 0 spiro atoms. The van der Waals surface area contributed by atoms with Crippen molar-refractivity contribution in [3.8, 4) is 0 Å². The molecule has 0 N–H and O–H groups in total. The number of imide groups is 1. The number of amides is 3. The van der Waals surface area contributed by atoms with Gasteiger partial charge in [0.15, 0.2) is 6.61 Å². The molecule has 5 rings (SSSR count). The summed E-state index contributed by atoms with van der Waals surface area (Å²) in [5.74, 6) is -1.57. The number of esters is 1. The normalized spacial score (nSPS) is 15.6. The van der Waals surface area contributed by atoms with E-state index in [1.165, 1.54) is 5.56 Å². The number of carbonyl (C=O) groups excluding carboxylic acids is 4. The molecule has 8 nitrogen and oxygen atoms in total. The van der Waals surface area contributed by atoms with Gasteiger partial charge in [0.05, 0.1) is 23.2 Å². The van der Waals surface area contributed by atoms with Crippen LogP contribution in [0.5, 0.6) is 0 Å². The smallest absolute Gasteiger partial charge is 0.338 e. The molecule has 188 valence electrons. The minimum atomic E-state index is -0.625. The highest BCUT2D eigenvalue weighted by Gasteiger charge is 2.35. The lowest BCUT2D eigenvalue weighted by molar-refractivity contribution is -0.136. The van der Waals surface area contributed by atoms with Crippen LogP contribution in [0.1, 0.15) is 42.2 Å². The molecule has 0 saturated carbocycles. The Morgan fingerprint density at radius 2 is 1.32 bits per heavy atom. The van der Waals surface area contributed by atoms with Crippen LogP contribution in [0.3, 0.4) is 0 Å². The van der Waals surface area contributed by atoms with Crippen LogP contribution in [0, 0.1) is 0 Å². The van der Waals surface area contributed by atoms with Crippen molar-refractivity contribution < 1.29 is 23.9 Å². The molecule has 0 bridgehead atoms. The predicted octanol–water partition coefficient (Wildman–Crippen LogP) is 2.98. The number of benzene rings is 3. The SMILES string of the molecule is O=C(OCC(=O)N1CCN(Cc2ccccc2)CC1)c1cccc(CN2C(=O)c3ccccc3C2=O)c1. The molecular formula is C29H27N3O5. The topological polar surface area (TPSA) is 87.2 Å². The summed E-state index contributed by atoms with van der Waals surface area (Å²) in [6.45, 7) is 3.23. The van der Waals surface area contributed by atoms with Gasteiger partial charge in [-0.2, -0.15) is 0 Å². The van der Waals surface area contributed by atoms with Gasteiger partial charge in [0.1, 0.15) is 0 Å². The number of fused-ring (bicyclic) bond motifs is 1. The van der Waals surface area contributed by atoms with Gasteiger partial charge in [-0.25, -0.2) is 4.79 Å². The first-order valence-electron chi connectivity index (χ1n) is 12.2. The van der Waals surface area contributed by atoms with Crippen LogP contribution < -0.4 is 0 Å². The van der Waals surface area contributed by atoms with Crippen molar-refractivity contribution in [2.75, 3.05) is 32.8 Å². The molecule has 3 aromatic carbocycles. The highest BCUT2D eigenvalue weighted by atomic mass is 16.5. The summed E-state index contributed by atoms with van der Waals surface area (Å²) in [6, 6.07) is 23.5. The van der Waals surface area contributed by atoms with Gasteiger partial charge in [0, 0.05) is 32.7 Å². The molecule has 37 heavy (non-hydrogen) atoms. The quantitative estimate of drug-likeness (QED) is 0.369. The van der Waals surface area contributed by atoms with Crippen molar-refractivity contribution in [1.82, 2.24) is 14.7 Å². The van der Waals surface area contributed by atoms with Crippen molar-refractivity contribution in [2.45, 2.75) is 13.1 Å². The van der Waals surface area contributed by atoms with E-state index in [9.17, 15) is 19.2 Å². The molecule has 2 aliphatic rings. The Hall–Kier alpha value is -4.30. The largest absolute Gasteiger partial charge is 0.452 e. The number of nitrogens with zero attached hydrogens (tertiary/aromatic N) is 3. The average Bonchev–Trinajstić information content (AvgIpc) is 3.17. The molecular weight excluding hydrogens is 470 g/mol. The standard InChI is InChI=1S/C29H27N3O5/c33-26(31-15-13-30(14-16-31)18-21-7-2-1-3-8-21)20-37-29(36)23-10-6-9-22(17-23)19-32-27(34)24-11-4-5-12-25(24)28(32)35/h1-12,17H,13-16,18-20H2. The van der Waals surface area contributed by atoms with Gasteiger partial charge in [-0.15, -0.1) is 0 Å². The average molecular weight is 498 g/mol. The van der Waals surface area contributed by atoms with Gasteiger partial charge in [-0.3, -0.25) is 24.2 Å². The molecule has 8 heteroatoms. The van der Waals surface area contributed by atoms with Crippen LogP contribution >= 0.6 is 0 Å². The molecule has 0 aromatic heterocycles. The summed E-state index contributed by atoms with van der Waals surface area (Å²) in [5, 5.41) is 0. The lowest BCUT2D eigenvalue weighted by atomic mass is 10.1. The maximum absolute atomic E-state index is 12.6. The number of carbonyl (C=O) groups is 4. The second kappa shape index (κ2) is 10.8. The van der Waals surface area contributed by atoms with Gasteiger partial charge in [-0.1, -0.05) is 54.6 Å². The summed E-state index contributed by atoms with van der Waals surface area (Å²) in [5.41, 5.74) is 2.87. The fraction of sp³-hybridized carbons (Fsp3) is 0.241. The minimum absolute atomic E-state index is 0.0413. The van der Waals surface area contributed by atoms with Crippen LogP contribution in [0.2, 0.25) is 0 Å². The van der Waals surface area contributed by atoms with E-state index >= 15 is 0 Å². The molecule has 3 amide bonds. The first-order chi connectivity index (χ1) is 18.0. The maximum Gasteiger partial charge on any atom is 0.338 e. The Morgan fingerprint density at radius 1 is 0.703 bits per heavy atom. The van der Waals surface area contributed by atoms with Gasteiger partial charge < -0.3 is 9.64 Å². The molecule has 0 atom stereocenters. The Labute approximate surface area is 215 Å². The second-order valence-electron chi connectivity index (χ2n) is 9.16. The summed E-state index contributed by atoms with van der Waals surface area (Å²) in [7, 11) is 0. The lowest BCUT2D eigenvalue weighted by Crippen LogP contribution is -2.49. The Morgan fingerprint density at radius 3 is 2.00 bits per heavy atom. The number of hydrogen-bond donors (Lipinski definition) is 0. The van der Waals surface area contributed by atoms with E-state index in [0.717, 1.165) is 24.5 Å². The van der Waals surface area contributed by atoms with E-state index in [4.69, 9.17) is 4.74 Å². The number of ether oxygens (including phenoxy) is 1. The van der Waals surface area contributed by atoms with E-state index < -0.39 is 5.97 Å². The summed E-state index contributed by atoms with van der Waals surface area (Å²) >= 11 is 0. The third kappa shape index (κ3) is 5.44. The van der Waals surface area contributed by atoms with Crippen molar-refractivity contribution >= 4 is 23.7 Å². The van der Waals surface area contributed by atoms with Crippen LogP contribution in [0.25, 0.3) is 0 Å². The fourth-order valence-electron chi connectivity index (χ4n) is 4.66. The molecule has 3 aromatic rings. The lowest BCUT2D eigenvalue weighted by Gasteiger charge is -2.34. The highest BCUT2D eigenvalue weighted by Crippen LogP contribution is 2.24. The molecule has 0 aliphatic carbocycles. The van der Waals surface area contributed by atoms with E-state index in [0.29, 0.717) is 29.8 Å². The van der Waals surface area contributed by atoms with Crippen molar-refractivity contribution in [3.63, 3.8) is 0 Å². The molecule has 0 radical (unpaired) electrons. The van der Waals surface area contributed by atoms with Crippen molar-refractivity contribution in [2.24, 2.45) is 0 Å². The van der Waals surface area contributed by atoms with Crippen molar-refractivity contribution in [3.05, 3.63) is 107 Å².